The maximum absolute atomic E-state index is 12.2. The van der Waals surface area contributed by atoms with Gasteiger partial charge in [-0.3, -0.25) is 14.4 Å². The number of amides is 2. The highest BCUT2D eigenvalue weighted by Crippen LogP contribution is 2.35. The van der Waals surface area contributed by atoms with Crippen LogP contribution in [0.1, 0.15) is 23.7 Å². The van der Waals surface area contributed by atoms with Gasteiger partial charge in [0, 0.05) is 11.6 Å². The Hall–Kier alpha value is -2.86. The Balaban J connectivity index is 2.22. The van der Waals surface area contributed by atoms with Crippen LogP contribution in [0.3, 0.4) is 0 Å². The van der Waals surface area contributed by atoms with Crippen molar-refractivity contribution in [3.8, 4) is 5.75 Å². The van der Waals surface area contributed by atoms with Gasteiger partial charge in [-0.15, -0.1) is 0 Å². The van der Waals surface area contributed by atoms with Gasteiger partial charge in [0.25, 0.3) is 5.91 Å². The van der Waals surface area contributed by atoms with Gasteiger partial charge in [-0.2, -0.15) is 0 Å². The molecule has 0 bridgehead atoms. The standard InChI is InChI=1S/C18H17ClN2O4/c1-11(22)8-17(23)20-15-9-13(19)14(10-16(15)25-2)21-18(24)12-6-4-3-5-7-12/h3-7,9-10H,8H2,1-2H3,(H,20,23)(H,21,24). The van der Waals surface area contributed by atoms with Crippen LogP contribution in [0.15, 0.2) is 42.5 Å². The minimum Gasteiger partial charge on any atom is -0.494 e. The minimum atomic E-state index is -0.470. The Morgan fingerprint density at radius 1 is 1.04 bits per heavy atom. The summed E-state index contributed by atoms with van der Waals surface area (Å²) in [4.78, 5) is 35.0. The van der Waals surface area contributed by atoms with Crippen molar-refractivity contribution in [2.45, 2.75) is 13.3 Å². The maximum Gasteiger partial charge on any atom is 0.255 e. The lowest BCUT2D eigenvalue weighted by molar-refractivity contribution is -0.124. The molecular weight excluding hydrogens is 344 g/mol. The topological polar surface area (TPSA) is 84.5 Å². The second-order valence-corrected chi connectivity index (χ2v) is 5.69. The number of ether oxygens (including phenoxy) is 1. The highest BCUT2D eigenvalue weighted by Gasteiger charge is 2.15. The van der Waals surface area contributed by atoms with Crippen molar-refractivity contribution in [1.29, 1.82) is 0 Å². The Morgan fingerprint density at radius 3 is 2.32 bits per heavy atom. The van der Waals surface area contributed by atoms with Gasteiger partial charge in [-0.1, -0.05) is 29.8 Å². The lowest BCUT2D eigenvalue weighted by Crippen LogP contribution is -2.16. The molecule has 25 heavy (non-hydrogen) atoms. The van der Waals surface area contributed by atoms with Crippen molar-refractivity contribution in [2.24, 2.45) is 0 Å². The van der Waals surface area contributed by atoms with Crippen molar-refractivity contribution < 1.29 is 19.1 Å². The van der Waals surface area contributed by atoms with Crippen LogP contribution in [0.5, 0.6) is 5.75 Å². The number of methoxy groups -OCH3 is 1. The fraction of sp³-hybridized carbons (Fsp3) is 0.167. The van der Waals surface area contributed by atoms with Crippen LogP contribution >= 0.6 is 11.6 Å². The van der Waals surface area contributed by atoms with E-state index in [1.165, 1.54) is 26.2 Å². The molecular formula is C18H17ClN2O4. The molecule has 130 valence electrons. The molecule has 6 nitrogen and oxygen atoms in total. The predicted octanol–water partition coefficient (Wildman–Crippen LogP) is 3.52. The number of ketones is 1. The molecule has 0 saturated carbocycles. The lowest BCUT2D eigenvalue weighted by atomic mass is 10.2. The molecule has 7 heteroatoms. The summed E-state index contributed by atoms with van der Waals surface area (Å²) in [5, 5.41) is 5.49. The van der Waals surface area contributed by atoms with Crippen LogP contribution in [0, 0.1) is 0 Å². The van der Waals surface area contributed by atoms with Gasteiger partial charge in [0.05, 0.1) is 29.9 Å². The third-order valence-electron chi connectivity index (χ3n) is 3.26. The first-order chi connectivity index (χ1) is 11.9. The number of benzene rings is 2. The number of carbonyl (C=O) groups is 3. The molecule has 0 aliphatic carbocycles. The van der Waals surface area contributed by atoms with Gasteiger partial charge < -0.3 is 15.4 Å². The van der Waals surface area contributed by atoms with E-state index in [0.29, 0.717) is 22.7 Å². The number of nitrogens with one attached hydrogen (secondary N) is 2. The fourth-order valence-corrected chi connectivity index (χ4v) is 2.33. The van der Waals surface area contributed by atoms with Gasteiger partial charge in [0.2, 0.25) is 5.91 Å². The number of rotatable bonds is 6. The van der Waals surface area contributed by atoms with E-state index < -0.39 is 5.91 Å². The number of Topliss-reactive ketones (excluding diaryl/α,β-unsaturated/α-hetero) is 1. The third kappa shape index (κ3) is 5.06. The first-order valence-electron chi connectivity index (χ1n) is 7.44. The molecule has 2 aromatic rings. The molecule has 0 saturated heterocycles. The van der Waals surface area contributed by atoms with Crippen LogP contribution in [0.2, 0.25) is 5.02 Å². The SMILES string of the molecule is COc1cc(NC(=O)c2ccccc2)c(Cl)cc1NC(=O)CC(C)=O. The number of carbonyl (C=O) groups excluding carboxylic acids is 3. The number of hydrogen-bond acceptors (Lipinski definition) is 4. The van der Waals surface area contributed by atoms with Gasteiger partial charge in [0.1, 0.15) is 11.5 Å². The molecule has 0 radical (unpaired) electrons. The highest BCUT2D eigenvalue weighted by atomic mass is 35.5. The summed E-state index contributed by atoms with van der Waals surface area (Å²) >= 11 is 6.19. The van der Waals surface area contributed by atoms with E-state index in [4.69, 9.17) is 16.3 Å². The summed E-state index contributed by atoms with van der Waals surface area (Å²) in [6, 6.07) is 11.6. The zero-order chi connectivity index (χ0) is 18.4. The quantitative estimate of drug-likeness (QED) is 0.772. The average Bonchev–Trinajstić information content (AvgIpc) is 2.57. The summed E-state index contributed by atoms with van der Waals surface area (Å²) in [6.45, 7) is 1.33. The number of halogens is 1. The monoisotopic (exact) mass is 360 g/mol. The molecule has 0 aliphatic rings. The lowest BCUT2D eigenvalue weighted by Gasteiger charge is -2.14. The second-order valence-electron chi connectivity index (χ2n) is 5.28. The van der Waals surface area contributed by atoms with E-state index in [0.717, 1.165) is 0 Å². The minimum absolute atomic E-state index is 0.225. The Morgan fingerprint density at radius 2 is 1.72 bits per heavy atom. The zero-order valence-corrected chi connectivity index (χ0v) is 14.5. The van der Waals surface area contributed by atoms with Crippen LogP contribution in [0.4, 0.5) is 11.4 Å². The summed E-state index contributed by atoms with van der Waals surface area (Å²) in [7, 11) is 1.42. The van der Waals surface area contributed by atoms with Gasteiger partial charge in [-0.05, 0) is 25.1 Å². The maximum atomic E-state index is 12.2. The van der Waals surface area contributed by atoms with E-state index in [1.807, 2.05) is 6.07 Å². The van der Waals surface area contributed by atoms with Gasteiger partial charge in [0.15, 0.2) is 0 Å². The van der Waals surface area contributed by atoms with Crippen LogP contribution in [-0.2, 0) is 9.59 Å². The molecule has 0 unspecified atom stereocenters. The predicted molar refractivity (Wildman–Crippen MR) is 96.3 cm³/mol. The molecule has 0 aliphatic heterocycles. The summed E-state index contributed by atoms with van der Waals surface area (Å²) in [5.41, 5.74) is 1.14. The Bertz CT molecular complexity index is 806. The fourth-order valence-electron chi connectivity index (χ4n) is 2.12. The van der Waals surface area contributed by atoms with Gasteiger partial charge in [-0.25, -0.2) is 0 Å². The largest absolute Gasteiger partial charge is 0.494 e. The molecule has 0 atom stereocenters. The first-order valence-corrected chi connectivity index (χ1v) is 7.81. The van der Waals surface area contributed by atoms with E-state index in [-0.39, 0.29) is 23.1 Å². The molecule has 0 aromatic heterocycles. The number of hydrogen-bond donors (Lipinski definition) is 2. The van der Waals surface area contributed by atoms with E-state index in [1.54, 1.807) is 24.3 Å². The molecule has 0 heterocycles. The normalized spacial score (nSPS) is 10.0. The van der Waals surface area contributed by atoms with Crippen LogP contribution in [0.25, 0.3) is 0 Å². The van der Waals surface area contributed by atoms with Crippen molar-refractivity contribution >= 4 is 40.6 Å². The van der Waals surface area contributed by atoms with Crippen molar-refractivity contribution in [1.82, 2.24) is 0 Å². The highest BCUT2D eigenvalue weighted by molar-refractivity contribution is 6.34. The molecule has 2 rings (SSSR count). The third-order valence-corrected chi connectivity index (χ3v) is 3.57. The molecule has 0 fully saturated rings. The average molecular weight is 361 g/mol. The Labute approximate surface area is 150 Å². The van der Waals surface area contributed by atoms with Crippen molar-refractivity contribution in [3.63, 3.8) is 0 Å². The molecule has 0 spiro atoms. The molecule has 2 aromatic carbocycles. The van der Waals surface area contributed by atoms with Crippen LogP contribution in [-0.4, -0.2) is 24.7 Å². The second kappa shape index (κ2) is 8.30. The molecule has 2 N–H and O–H groups in total. The van der Waals surface area contributed by atoms with E-state index >= 15 is 0 Å². The van der Waals surface area contributed by atoms with Crippen molar-refractivity contribution in [2.75, 3.05) is 17.7 Å². The summed E-state index contributed by atoms with van der Waals surface area (Å²) in [5.74, 6) is -0.736. The summed E-state index contributed by atoms with van der Waals surface area (Å²) < 4.78 is 5.22. The first kappa shape index (κ1) is 18.5. The zero-order valence-electron chi connectivity index (χ0n) is 13.8. The van der Waals surface area contributed by atoms with Crippen LogP contribution < -0.4 is 15.4 Å². The van der Waals surface area contributed by atoms with E-state index in [9.17, 15) is 14.4 Å². The van der Waals surface area contributed by atoms with Gasteiger partial charge >= 0.3 is 0 Å². The number of anilines is 2. The molecule has 2 amide bonds. The summed E-state index contributed by atoms with van der Waals surface area (Å²) in [6.07, 6.45) is -0.243. The van der Waals surface area contributed by atoms with Crippen molar-refractivity contribution in [3.05, 3.63) is 53.1 Å². The Kier molecular flexibility index (Phi) is 6.14. The van der Waals surface area contributed by atoms with E-state index in [2.05, 4.69) is 10.6 Å². The smallest absolute Gasteiger partial charge is 0.255 e.